The monoisotopic (exact) mass is 398 g/mol. The Hall–Kier alpha value is -2.86. The van der Waals surface area contributed by atoms with Crippen molar-refractivity contribution in [1.29, 1.82) is 0 Å². The summed E-state index contributed by atoms with van der Waals surface area (Å²) in [7, 11) is 1.46. The molecule has 0 spiro atoms. The number of halogens is 1. The van der Waals surface area contributed by atoms with Gasteiger partial charge in [0, 0.05) is 5.56 Å². The number of ether oxygens (including phenoxy) is 1. The maximum absolute atomic E-state index is 12.4. The van der Waals surface area contributed by atoms with E-state index in [1.165, 1.54) is 13.3 Å². The molecule has 3 rings (SSSR count). The van der Waals surface area contributed by atoms with Crippen molar-refractivity contribution in [2.45, 2.75) is 0 Å². The van der Waals surface area contributed by atoms with Crippen molar-refractivity contribution in [1.82, 2.24) is 5.43 Å². The molecule has 0 saturated carbocycles. The second-order valence-electron chi connectivity index (χ2n) is 5.28. The van der Waals surface area contributed by atoms with Gasteiger partial charge in [-0.25, -0.2) is 5.43 Å². The van der Waals surface area contributed by atoms with Crippen molar-refractivity contribution in [2.24, 2.45) is 5.10 Å². The van der Waals surface area contributed by atoms with Crippen molar-refractivity contribution in [3.8, 4) is 11.5 Å². The number of rotatable bonds is 4. The predicted octanol–water partition coefficient (Wildman–Crippen LogP) is 4.08. The highest BCUT2D eigenvalue weighted by atomic mass is 79.9. The zero-order chi connectivity index (χ0) is 17.8. The highest BCUT2D eigenvalue weighted by molar-refractivity contribution is 9.10. The van der Waals surface area contributed by atoms with Gasteiger partial charge in [0.2, 0.25) is 0 Å². The van der Waals surface area contributed by atoms with Gasteiger partial charge in [-0.1, -0.05) is 36.4 Å². The van der Waals surface area contributed by atoms with Crippen LogP contribution >= 0.6 is 15.9 Å². The first-order valence-electron chi connectivity index (χ1n) is 7.48. The van der Waals surface area contributed by atoms with Gasteiger partial charge in [0.25, 0.3) is 5.91 Å². The Balaban J connectivity index is 1.80. The molecular weight excluding hydrogens is 384 g/mol. The lowest BCUT2D eigenvalue weighted by Gasteiger charge is -2.07. The topological polar surface area (TPSA) is 70.9 Å². The number of carbonyl (C=O) groups excluding carboxylic acids is 1. The summed E-state index contributed by atoms with van der Waals surface area (Å²) in [6.45, 7) is 0. The smallest absolute Gasteiger partial charge is 0.271 e. The molecule has 0 heterocycles. The Morgan fingerprint density at radius 3 is 2.76 bits per heavy atom. The van der Waals surface area contributed by atoms with E-state index in [1.54, 1.807) is 18.2 Å². The number of amides is 1. The number of methoxy groups -OCH3 is 1. The molecular formula is C19H15BrN2O3. The van der Waals surface area contributed by atoms with Crippen LogP contribution in [0.1, 0.15) is 15.9 Å². The van der Waals surface area contributed by atoms with Crippen LogP contribution in [0.3, 0.4) is 0 Å². The minimum Gasteiger partial charge on any atom is -0.503 e. The summed E-state index contributed by atoms with van der Waals surface area (Å²) in [5.74, 6) is 0.0357. The SMILES string of the molecule is COc1cc(/C=N/NC(=O)c2cccc3ccccc23)cc(Br)c1O. The zero-order valence-corrected chi connectivity index (χ0v) is 14.9. The fraction of sp³-hybridized carbons (Fsp3) is 0.0526. The second kappa shape index (κ2) is 7.36. The zero-order valence-electron chi connectivity index (χ0n) is 13.4. The molecule has 25 heavy (non-hydrogen) atoms. The number of phenols is 1. The fourth-order valence-corrected chi connectivity index (χ4v) is 2.93. The largest absolute Gasteiger partial charge is 0.503 e. The van der Waals surface area contributed by atoms with E-state index < -0.39 is 0 Å². The van der Waals surface area contributed by atoms with E-state index in [-0.39, 0.29) is 11.7 Å². The number of nitrogens with zero attached hydrogens (tertiary/aromatic N) is 1. The van der Waals surface area contributed by atoms with Gasteiger partial charge in [-0.15, -0.1) is 0 Å². The standard InChI is InChI=1S/C19H15BrN2O3/c1-25-17-10-12(9-16(20)18(17)23)11-21-22-19(24)15-8-4-6-13-5-2-3-7-14(13)15/h2-11,23H,1H3,(H,22,24)/b21-11+. The summed E-state index contributed by atoms with van der Waals surface area (Å²) in [6, 6.07) is 16.5. The first-order valence-corrected chi connectivity index (χ1v) is 8.27. The molecule has 6 heteroatoms. The summed E-state index contributed by atoms with van der Waals surface area (Å²) in [5.41, 5.74) is 3.74. The number of hydrogen-bond acceptors (Lipinski definition) is 4. The lowest BCUT2D eigenvalue weighted by molar-refractivity contribution is 0.0957. The van der Waals surface area contributed by atoms with Crippen LogP contribution in [0.25, 0.3) is 10.8 Å². The van der Waals surface area contributed by atoms with Gasteiger partial charge >= 0.3 is 0 Å². The molecule has 0 unspecified atom stereocenters. The van der Waals surface area contributed by atoms with E-state index in [0.717, 1.165) is 10.8 Å². The van der Waals surface area contributed by atoms with E-state index in [2.05, 4.69) is 26.5 Å². The van der Waals surface area contributed by atoms with Gasteiger partial charge in [-0.05, 0) is 50.5 Å². The second-order valence-corrected chi connectivity index (χ2v) is 6.13. The Morgan fingerprint density at radius 2 is 1.96 bits per heavy atom. The number of carbonyl (C=O) groups is 1. The molecule has 0 radical (unpaired) electrons. The third-order valence-corrected chi connectivity index (χ3v) is 4.29. The summed E-state index contributed by atoms with van der Waals surface area (Å²) < 4.78 is 5.56. The number of hydrazone groups is 1. The molecule has 0 atom stereocenters. The van der Waals surface area contributed by atoms with Crippen LogP contribution in [0, 0.1) is 0 Å². The predicted molar refractivity (Wildman–Crippen MR) is 101 cm³/mol. The van der Waals surface area contributed by atoms with E-state index >= 15 is 0 Å². The van der Waals surface area contributed by atoms with Gasteiger partial charge < -0.3 is 9.84 Å². The highest BCUT2D eigenvalue weighted by Gasteiger charge is 2.09. The van der Waals surface area contributed by atoms with Crippen LogP contribution in [-0.4, -0.2) is 24.3 Å². The first kappa shape index (κ1) is 17.0. The van der Waals surface area contributed by atoms with E-state index in [1.807, 2.05) is 36.4 Å². The van der Waals surface area contributed by atoms with Crippen LogP contribution in [0.4, 0.5) is 0 Å². The molecule has 5 nitrogen and oxygen atoms in total. The van der Waals surface area contributed by atoms with Gasteiger partial charge in [0.15, 0.2) is 11.5 Å². The van der Waals surface area contributed by atoms with Crippen molar-refractivity contribution in [2.75, 3.05) is 7.11 Å². The molecule has 0 aliphatic heterocycles. The number of fused-ring (bicyclic) bond motifs is 1. The lowest BCUT2D eigenvalue weighted by Crippen LogP contribution is -2.17. The van der Waals surface area contributed by atoms with E-state index in [4.69, 9.17) is 4.74 Å². The Morgan fingerprint density at radius 1 is 1.20 bits per heavy atom. The first-order chi connectivity index (χ1) is 12.1. The van der Waals surface area contributed by atoms with Crippen molar-refractivity contribution >= 4 is 38.8 Å². The number of nitrogens with one attached hydrogen (secondary N) is 1. The minimum atomic E-state index is -0.294. The highest BCUT2D eigenvalue weighted by Crippen LogP contribution is 2.34. The molecule has 3 aromatic rings. The molecule has 1 amide bonds. The van der Waals surface area contributed by atoms with Gasteiger partial charge in [0.05, 0.1) is 17.8 Å². The van der Waals surface area contributed by atoms with Crippen LogP contribution in [0.15, 0.2) is 64.2 Å². The summed E-state index contributed by atoms with van der Waals surface area (Å²) in [6.07, 6.45) is 1.48. The number of aromatic hydroxyl groups is 1. The minimum absolute atomic E-state index is 0.0134. The van der Waals surface area contributed by atoms with E-state index in [9.17, 15) is 9.90 Å². The van der Waals surface area contributed by atoms with Crippen molar-refractivity contribution in [3.63, 3.8) is 0 Å². The summed E-state index contributed by atoms with van der Waals surface area (Å²) in [4.78, 5) is 12.4. The third kappa shape index (κ3) is 3.64. The fourth-order valence-electron chi connectivity index (χ4n) is 2.47. The van der Waals surface area contributed by atoms with E-state index in [0.29, 0.717) is 21.3 Å². The molecule has 0 fully saturated rings. The van der Waals surface area contributed by atoms with Crippen LogP contribution in [0.5, 0.6) is 11.5 Å². The Bertz CT molecular complexity index is 965. The van der Waals surface area contributed by atoms with Crippen molar-refractivity contribution < 1.29 is 14.6 Å². The van der Waals surface area contributed by atoms with Gasteiger partial charge in [0.1, 0.15) is 0 Å². The quantitative estimate of drug-likeness (QED) is 0.513. The number of hydrogen-bond donors (Lipinski definition) is 2. The maximum atomic E-state index is 12.4. The number of phenolic OH excluding ortho intramolecular Hbond substituents is 1. The normalized spacial score (nSPS) is 11.0. The molecule has 0 saturated heterocycles. The van der Waals surface area contributed by atoms with Gasteiger partial charge in [-0.3, -0.25) is 4.79 Å². The average molecular weight is 399 g/mol. The molecule has 0 aliphatic carbocycles. The summed E-state index contributed by atoms with van der Waals surface area (Å²) in [5, 5.41) is 15.6. The van der Waals surface area contributed by atoms with Crippen molar-refractivity contribution in [3.05, 3.63) is 70.2 Å². The van der Waals surface area contributed by atoms with Crippen LogP contribution in [0.2, 0.25) is 0 Å². The van der Waals surface area contributed by atoms with Crippen LogP contribution < -0.4 is 10.2 Å². The summed E-state index contributed by atoms with van der Waals surface area (Å²) >= 11 is 3.24. The number of benzene rings is 3. The Kier molecular flexibility index (Phi) is 5.00. The van der Waals surface area contributed by atoms with Gasteiger partial charge in [-0.2, -0.15) is 5.10 Å². The van der Waals surface area contributed by atoms with Crippen LogP contribution in [-0.2, 0) is 0 Å². The maximum Gasteiger partial charge on any atom is 0.271 e. The molecule has 126 valence electrons. The Labute approximate surface area is 153 Å². The average Bonchev–Trinajstić information content (AvgIpc) is 2.63. The molecule has 3 aromatic carbocycles. The lowest BCUT2D eigenvalue weighted by atomic mass is 10.0. The molecule has 2 N–H and O–H groups in total. The third-order valence-electron chi connectivity index (χ3n) is 3.68. The molecule has 0 bridgehead atoms. The molecule has 0 aliphatic rings. The molecule has 0 aromatic heterocycles.